The molecule has 1 N–H and O–H groups in total. The van der Waals surface area contributed by atoms with E-state index in [4.69, 9.17) is 14.2 Å². The molecule has 0 aromatic heterocycles. The molecule has 0 saturated heterocycles. The zero-order valence-electron chi connectivity index (χ0n) is 22.3. The maximum absolute atomic E-state index is 14.0. The van der Waals surface area contributed by atoms with Crippen LogP contribution in [0.3, 0.4) is 0 Å². The van der Waals surface area contributed by atoms with Gasteiger partial charge in [-0.1, -0.05) is 25.1 Å². The highest BCUT2D eigenvalue weighted by atomic mass is 19.1. The lowest BCUT2D eigenvalue weighted by Crippen LogP contribution is -2.32. The van der Waals surface area contributed by atoms with Crippen LogP contribution >= 0.6 is 0 Å². The van der Waals surface area contributed by atoms with Gasteiger partial charge in [0, 0.05) is 40.9 Å². The SMILES string of the molecule is CCCC(=O)Oc1ccc(-c2ccc3c(c2COc2cc(F)ccc2C)C(C)=CC(C)(C)N3)c(OC)c1. The van der Waals surface area contributed by atoms with Crippen LogP contribution in [0.5, 0.6) is 17.2 Å². The fourth-order valence-electron chi connectivity index (χ4n) is 4.82. The van der Waals surface area contributed by atoms with Crippen LogP contribution in [-0.4, -0.2) is 18.6 Å². The summed E-state index contributed by atoms with van der Waals surface area (Å²) in [5.41, 5.74) is 6.55. The van der Waals surface area contributed by atoms with Crippen LogP contribution in [0.15, 0.2) is 54.6 Å². The highest BCUT2D eigenvalue weighted by Gasteiger charge is 2.27. The fraction of sp³-hybridized carbons (Fsp3) is 0.323. The number of benzene rings is 3. The van der Waals surface area contributed by atoms with E-state index in [1.54, 1.807) is 25.3 Å². The minimum atomic E-state index is -0.342. The van der Waals surface area contributed by atoms with Crippen LogP contribution in [-0.2, 0) is 11.4 Å². The van der Waals surface area contributed by atoms with Crippen molar-refractivity contribution in [1.29, 1.82) is 0 Å². The van der Waals surface area contributed by atoms with E-state index in [1.165, 1.54) is 12.1 Å². The molecule has 0 unspecified atom stereocenters. The Bertz CT molecular complexity index is 1360. The number of esters is 1. The van der Waals surface area contributed by atoms with Gasteiger partial charge in [-0.15, -0.1) is 0 Å². The summed E-state index contributed by atoms with van der Waals surface area (Å²) >= 11 is 0. The van der Waals surface area contributed by atoms with Crippen molar-refractivity contribution in [3.63, 3.8) is 0 Å². The topological polar surface area (TPSA) is 56.8 Å². The summed E-state index contributed by atoms with van der Waals surface area (Å²) in [5, 5.41) is 3.59. The first-order valence-corrected chi connectivity index (χ1v) is 12.5. The molecule has 0 aliphatic carbocycles. The van der Waals surface area contributed by atoms with Gasteiger partial charge in [0.1, 0.15) is 29.7 Å². The Balaban J connectivity index is 1.81. The van der Waals surface area contributed by atoms with Gasteiger partial charge in [0.2, 0.25) is 0 Å². The van der Waals surface area contributed by atoms with E-state index in [-0.39, 0.29) is 23.9 Å². The summed E-state index contributed by atoms with van der Waals surface area (Å²) < 4.78 is 31.4. The highest BCUT2D eigenvalue weighted by Crippen LogP contribution is 2.43. The number of hydrogen-bond donors (Lipinski definition) is 1. The molecule has 1 aliphatic rings. The van der Waals surface area contributed by atoms with Crippen LogP contribution in [0.2, 0.25) is 0 Å². The number of aryl methyl sites for hydroxylation is 1. The summed E-state index contributed by atoms with van der Waals surface area (Å²) in [6.07, 6.45) is 3.27. The second-order valence-corrected chi connectivity index (χ2v) is 9.97. The highest BCUT2D eigenvalue weighted by molar-refractivity contribution is 5.88. The number of carbonyl (C=O) groups is 1. The molecule has 5 nitrogen and oxygen atoms in total. The normalized spacial score (nSPS) is 13.8. The van der Waals surface area contributed by atoms with Crippen molar-refractivity contribution in [3.05, 3.63) is 77.1 Å². The number of methoxy groups -OCH3 is 1. The smallest absolute Gasteiger partial charge is 0.311 e. The second-order valence-electron chi connectivity index (χ2n) is 9.97. The first-order valence-electron chi connectivity index (χ1n) is 12.5. The van der Waals surface area contributed by atoms with Crippen LogP contribution in [0.25, 0.3) is 16.7 Å². The van der Waals surface area contributed by atoms with Crippen LogP contribution in [0, 0.1) is 12.7 Å². The van der Waals surface area contributed by atoms with E-state index in [0.29, 0.717) is 23.7 Å². The molecule has 37 heavy (non-hydrogen) atoms. The van der Waals surface area contributed by atoms with Gasteiger partial charge in [0.05, 0.1) is 12.6 Å². The molecule has 4 rings (SSSR count). The number of carbonyl (C=O) groups excluding carboxylic acids is 1. The van der Waals surface area contributed by atoms with Crippen molar-refractivity contribution in [1.82, 2.24) is 0 Å². The Kier molecular flexibility index (Phi) is 7.58. The number of nitrogens with one attached hydrogen (secondary N) is 1. The Hall–Kier alpha value is -3.80. The van der Waals surface area contributed by atoms with E-state index in [2.05, 4.69) is 38.2 Å². The quantitative estimate of drug-likeness (QED) is 0.252. The summed E-state index contributed by atoms with van der Waals surface area (Å²) in [7, 11) is 1.59. The third kappa shape index (κ3) is 5.79. The lowest BCUT2D eigenvalue weighted by molar-refractivity contribution is -0.134. The Labute approximate surface area is 218 Å². The largest absolute Gasteiger partial charge is 0.496 e. The lowest BCUT2D eigenvalue weighted by Gasteiger charge is -2.33. The minimum absolute atomic E-state index is 0.197. The number of ether oxygens (including phenoxy) is 3. The number of fused-ring (bicyclic) bond motifs is 1. The van der Waals surface area contributed by atoms with Crippen molar-refractivity contribution in [2.45, 2.75) is 59.6 Å². The average Bonchev–Trinajstić information content (AvgIpc) is 2.83. The second kappa shape index (κ2) is 10.7. The van der Waals surface area contributed by atoms with Crippen LogP contribution in [0.1, 0.15) is 57.2 Å². The van der Waals surface area contributed by atoms with Crippen molar-refractivity contribution in [3.8, 4) is 28.4 Å². The van der Waals surface area contributed by atoms with Crippen LogP contribution < -0.4 is 19.5 Å². The van der Waals surface area contributed by atoms with E-state index in [1.807, 2.05) is 26.0 Å². The van der Waals surface area contributed by atoms with Gasteiger partial charge in [-0.25, -0.2) is 4.39 Å². The predicted molar refractivity (Wildman–Crippen MR) is 146 cm³/mol. The Morgan fingerprint density at radius 2 is 1.76 bits per heavy atom. The molecule has 0 radical (unpaired) electrons. The number of rotatable bonds is 8. The number of anilines is 1. The predicted octanol–water partition coefficient (Wildman–Crippen LogP) is 7.70. The summed E-state index contributed by atoms with van der Waals surface area (Å²) in [4.78, 5) is 12.0. The summed E-state index contributed by atoms with van der Waals surface area (Å²) in [6, 6.07) is 14.1. The molecule has 194 valence electrons. The first-order chi connectivity index (χ1) is 17.6. The fourth-order valence-corrected chi connectivity index (χ4v) is 4.82. The van der Waals surface area contributed by atoms with Crippen LogP contribution in [0.4, 0.5) is 10.1 Å². The molecule has 0 amide bonds. The monoisotopic (exact) mass is 503 g/mol. The maximum atomic E-state index is 14.0. The molecule has 0 bridgehead atoms. The van der Waals surface area contributed by atoms with Gasteiger partial charge in [-0.05, 0) is 75.1 Å². The Morgan fingerprint density at radius 3 is 2.49 bits per heavy atom. The molecule has 0 fully saturated rings. The number of hydrogen-bond acceptors (Lipinski definition) is 5. The molecule has 1 aliphatic heterocycles. The molecule has 0 spiro atoms. The summed E-state index contributed by atoms with van der Waals surface area (Å²) in [6.45, 7) is 10.4. The third-order valence-corrected chi connectivity index (χ3v) is 6.41. The molecular formula is C31H34FNO4. The van der Waals surface area contributed by atoms with E-state index in [0.717, 1.165) is 45.5 Å². The van der Waals surface area contributed by atoms with Gasteiger partial charge in [0.25, 0.3) is 0 Å². The number of allylic oxidation sites excluding steroid dienone is 1. The number of halogens is 1. The standard InChI is InChI=1S/C31H34FNO4/c1-7-8-29(34)37-22-11-12-24(28(16-22)35-6)23-13-14-26-30(20(3)17-31(4,5)33-26)25(23)18-36-27-15-21(32)10-9-19(27)2/h9-17,33H,7-8,18H2,1-6H3. The van der Waals surface area contributed by atoms with Gasteiger partial charge in [0.15, 0.2) is 0 Å². The maximum Gasteiger partial charge on any atom is 0.311 e. The van der Waals surface area contributed by atoms with Crippen molar-refractivity contribution >= 4 is 17.2 Å². The van der Waals surface area contributed by atoms with Crippen molar-refractivity contribution < 1.29 is 23.4 Å². The minimum Gasteiger partial charge on any atom is -0.496 e. The third-order valence-electron chi connectivity index (χ3n) is 6.41. The lowest BCUT2D eigenvalue weighted by atomic mass is 9.85. The van der Waals surface area contributed by atoms with E-state index >= 15 is 0 Å². The van der Waals surface area contributed by atoms with Gasteiger partial charge >= 0.3 is 5.97 Å². The van der Waals surface area contributed by atoms with Gasteiger partial charge in [-0.2, -0.15) is 0 Å². The van der Waals surface area contributed by atoms with E-state index in [9.17, 15) is 9.18 Å². The zero-order valence-corrected chi connectivity index (χ0v) is 22.3. The molecule has 6 heteroatoms. The van der Waals surface area contributed by atoms with E-state index < -0.39 is 0 Å². The first kappa shape index (κ1) is 26.3. The molecular weight excluding hydrogens is 469 g/mol. The Morgan fingerprint density at radius 1 is 1.00 bits per heavy atom. The molecule has 3 aromatic rings. The molecule has 3 aromatic carbocycles. The summed E-state index contributed by atoms with van der Waals surface area (Å²) in [5.74, 6) is 0.894. The van der Waals surface area contributed by atoms with Gasteiger partial charge < -0.3 is 19.5 Å². The molecule has 0 saturated carbocycles. The average molecular weight is 504 g/mol. The molecule has 1 heterocycles. The molecule has 0 atom stereocenters. The van der Waals surface area contributed by atoms with Crippen molar-refractivity contribution in [2.75, 3.05) is 12.4 Å². The zero-order chi connectivity index (χ0) is 26.7. The van der Waals surface area contributed by atoms with Crippen molar-refractivity contribution in [2.24, 2.45) is 0 Å². The van der Waals surface area contributed by atoms with Gasteiger partial charge in [-0.3, -0.25) is 4.79 Å².